The van der Waals surface area contributed by atoms with Crippen molar-refractivity contribution in [2.45, 2.75) is 17.7 Å². The molecule has 0 spiro atoms. The van der Waals surface area contributed by atoms with Gasteiger partial charge in [0.05, 0.1) is 6.61 Å². The molecule has 0 aromatic heterocycles. The van der Waals surface area contributed by atoms with Crippen LogP contribution < -0.4 is 11.1 Å². The number of aliphatic hydroxyl groups is 2. The molecule has 24 heavy (non-hydrogen) atoms. The lowest BCUT2D eigenvalue weighted by Crippen LogP contribution is -2.60. The normalized spacial score (nSPS) is 24.1. The fourth-order valence-corrected chi connectivity index (χ4v) is 2.49. The van der Waals surface area contributed by atoms with Gasteiger partial charge in [0, 0.05) is 23.2 Å². The Balaban J connectivity index is 2.30. The molecule has 8 heteroatoms. The van der Waals surface area contributed by atoms with Crippen LogP contribution >= 0.6 is 0 Å². The molecule has 2 rings (SSSR count). The molecule has 0 amide bonds. The molecule has 5 N–H and O–H groups in total. The first kappa shape index (κ1) is 17.8. The summed E-state index contributed by atoms with van der Waals surface area (Å²) in [7, 11) is 0. The molecule has 8 nitrogen and oxygen atoms in total. The predicted octanol–water partition coefficient (Wildman–Crippen LogP) is -0.333. The van der Waals surface area contributed by atoms with Crippen LogP contribution in [-0.4, -0.2) is 45.7 Å². The Morgan fingerprint density at radius 1 is 1.42 bits per heavy atom. The van der Waals surface area contributed by atoms with Gasteiger partial charge in [0.2, 0.25) is 0 Å². The van der Waals surface area contributed by atoms with Gasteiger partial charge in [-0.15, -0.1) is 0 Å². The molecule has 0 fully saturated rings. The van der Waals surface area contributed by atoms with Crippen LogP contribution in [0.5, 0.6) is 0 Å². The van der Waals surface area contributed by atoms with E-state index in [0.29, 0.717) is 11.3 Å². The van der Waals surface area contributed by atoms with E-state index in [0.717, 1.165) is 0 Å². The highest BCUT2D eigenvalue weighted by atomic mass is 16.6. The van der Waals surface area contributed by atoms with Gasteiger partial charge in [-0.1, -0.05) is 30.3 Å². The number of nitrogens with zero attached hydrogens (tertiary/aromatic N) is 1. The monoisotopic (exact) mass is 333 g/mol. The number of allylic oxidation sites excluding steroid dienone is 1. The Hall–Kier alpha value is -2.55. The minimum absolute atomic E-state index is 0.145. The van der Waals surface area contributed by atoms with Gasteiger partial charge in [-0.25, -0.2) is 0 Å². The lowest BCUT2D eigenvalue weighted by molar-refractivity contribution is -0.515. The highest BCUT2D eigenvalue weighted by Gasteiger charge is 2.50. The van der Waals surface area contributed by atoms with E-state index in [1.807, 2.05) is 0 Å². The Morgan fingerprint density at radius 3 is 2.67 bits per heavy atom. The molecule has 1 aliphatic carbocycles. The van der Waals surface area contributed by atoms with Crippen LogP contribution in [0, 0.1) is 10.1 Å². The number of carbonyl (C=O) groups is 1. The minimum atomic E-state index is -1.97. The summed E-state index contributed by atoms with van der Waals surface area (Å²) in [5, 5.41) is 33.2. The summed E-state index contributed by atoms with van der Waals surface area (Å²) >= 11 is 0. The van der Waals surface area contributed by atoms with Gasteiger partial charge in [-0.05, 0) is 17.7 Å². The van der Waals surface area contributed by atoms with Crippen molar-refractivity contribution in [3.63, 3.8) is 0 Å². The second kappa shape index (κ2) is 7.35. The number of hydrogen-bond donors (Lipinski definition) is 4. The van der Waals surface area contributed by atoms with Crippen LogP contribution in [0.4, 0.5) is 0 Å². The van der Waals surface area contributed by atoms with E-state index in [9.17, 15) is 20.0 Å². The molecular formula is C16H19N3O5. The van der Waals surface area contributed by atoms with Crippen molar-refractivity contribution in [2.24, 2.45) is 5.73 Å². The van der Waals surface area contributed by atoms with Crippen LogP contribution in [0.25, 0.3) is 0 Å². The number of aliphatic hydroxyl groups excluding tert-OH is 2. The summed E-state index contributed by atoms with van der Waals surface area (Å²) in [4.78, 5) is 23.4. The number of carbonyl (C=O) groups excluding carboxylic acids is 1. The van der Waals surface area contributed by atoms with Crippen molar-refractivity contribution in [3.05, 3.63) is 69.9 Å². The standard InChI is InChI=1S/C16H19N3O5/c17-16(15(22)14(21)11-4-2-1-3-5-11)7-6-12(18-8-9-20)10-13(16)19(23)24/h1-7,10,13-14,18,20-21H,8-9,17H2. The Bertz CT molecular complexity index is 674. The SMILES string of the molecule is NC1(C(=O)C(O)c2ccccc2)C=CC(NCCO)=CC1[N+](=O)[O-]. The number of nitrogens with two attached hydrogens (primary N) is 1. The molecule has 0 aliphatic heterocycles. The van der Waals surface area contributed by atoms with Crippen molar-refractivity contribution in [3.8, 4) is 0 Å². The molecular weight excluding hydrogens is 314 g/mol. The zero-order valence-electron chi connectivity index (χ0n) is 12.8. The van der Waals surface area contributed by atoms with E-state index in [1.54, 1.807) is 30.3 Å². The molecule has 1 aromatic carbocycles. The third kappa shape index (κ3) is 3.51. The van der Waals surface area contributed by atoms with Gasteiger partial charge in [0.1, 0.15) is 6.10 Å². The summed E-state index contributed by atoms with van der Waals surface area (Å²) in [6.45, 7) is 0.0620. The number of Topliss-reactive ketones (excluding diaryl/α,β-unsaturated/α-hetero) is 1. The predicted molar refractivity (Wildman–Crippen MR) is 86.4 cm³/mol. The van der Waals surface area contributed by atoms with Gasteiger partial charge >= 0.3 is 0 Å². The Morgan fingerprint density at radius 2 is 2.08 bits per heavy atom. The molecule has 1 aliphatic rings. The first-order valence-electron chi connectivity index (χ1n) is 7.35. The summed E-state index contributed by atoms with van der Waals surface area (Å²) in [5.74, 6) is -0.857. The van der Waals surface area contributed by atoms with Crippen LogP contribution in [0.1, 0.15) is 11.7 Å². The first-order valence-corrected chi connectivity index (χ1v) is 7.35. The van der Waals surface area contributed by atoms with Crippen molar-refractivity contribution in [1.29, 1.82) is 0 Å². The van der Waals surface area contributed by atoms with Crippen LogP contribution in [0.3, 0.4) is 0 Å². The van der Waals surface area contributed by atoms with Crippen molar-refractivity contribution >= 4 is 5.78 Å². The zero-order chi connectivity index (χ0) is 17.7. The molecule has 3 atom stereocenters. The van der Waals surface area contributed by atoms with Gasteiger partial charge in [-0.3, -0.25) is 14.9 Å². The molecule has 0 heterocycles. The quantitative estimate of drug-likeness (QED) is 0.396. The highest BCUT2D eigenvalue weighted by molar-refractivity contribution is 5.96. The second-order valence-corrected chi connectivity index (χ2v) is 5.45. The second-order valence-electron chi connectivity index (χ2n) is 5.45. The number of rotatable bonds is 7. The number of nitrogens with one attached hydrogen (secondary N) is 1. The van der Waals surface area contributed by atoms with Crippen LogP contribution in [0.2, 0.25) is 0 Å². The smallest absolute Gasteiger partial charge is 0.261 e. The fourth-order valence-electron chi connectivity index (χ4n) is 2.49. The topological polar surface area (TPSA) is 139 Å². The molecule has 0 radical (unpaired) electrons. The number of hydrogen-bond acceptors (Lipinski definition) is 7. The highest BCUT2D eigenvalue weighted by Crippen LogP contribution is 2.27. The van der Waals surface area contributed by atoms with E-state index in [4.69, 9.17) is 10.8 Å². The van der Waals surface area contributed by atoms with E-state index < -0.39 is 28.4 Å². The van der Waals surface area contributed by atoms with E-state index in [-0.39, 0.29) is 13.2 Å². The fraction of sp³-hybridized carbons (Fsp3) is 0.312. The summed E-state index contributed by atoms with van der Waals surface area (Å²) in [6.07, 6.45) is 2.30. The maximum absolute atomic E-state index is 12.6. The first-order chi connectivity index (χ1) is 11.4. The third-order valence-corrected chi connectivity index (χ3v) is 3.82. The summed E-state index contributed by atoms with van der Waals surface area (Å²) in [5.41, 5.74) is 4.75. The summed E-state index contributed by atoms with van der Waals surface area (Å²) < 4.78 is 0. The Labute approximate surface area is 138 Å². The van der Waals surface area contributed by atoms with E-state index in [2.05, 4.69) is 5.32 Å². The van der Waals surface area contributed by atoms with Crippen molar-refractivity contribution in [1.82, 2.24) is 5.32 Å². The lowest BCUT2D eigenvalue weighted by Gasteiger charge is -2.31. The van der Waals surface area contributed by atoms with Gasteiger partial charge in [0.15, 0.2) is 11.3 Å². The zero-order valence-corrected chi connectivity index (χ0v) is 12.8. The average Bonchev–Trinajstić information content (AvgIpc) is 2.60. The number of nitro groups is 1. The third-order valence-electron chi connectivity index (χ3n) is 3.82. The maximum atomic E-state index is 12.6. The molecule has 0 bridgehead atoms. The molecule has 0 saturated heterocycles. The molecule has 128 valence electrons. The number of ketones is 1. The van der Waals surface area contributed by atoms with Gasteiger partial charge in [0.25, 0.3) is 6.04 Å². The average molecular weight is 333 g/mol. The summed E-state index contributed by atoms with van der Waals surface area (Å²) in [6, 6.07) is 6.57. The van der Waals surface area contributed by atoms with Crippen molar-refractivity contribution in [2.75, 3.05) is 13.2 Å². The lowest BCUT2D eigenvalue weighted by atomic mass is 9.79. The van der Waals surface area contributed by atoms with E-state index >= 15 is 0 Å². The van der Waals surface area contributed by atoms with Gasteiger partial charge < -0.3 is 21.3 Å². The maximum Gasteiger partial charge on any atom is 0.261 e. The molecule has 3 unspecified atom stereocenters. The van der Waals surface area contributed by atoms with Gasteiger partial charge in [-0.2, -0.15) is 0 Å². The number of benzene rings is 1. The van der Waals surface area contributed by atoms with Crippen molar-refractivity contribution < 1.29 is 19.9 Å². The molecule has 0 saturated carbocycles. The molecule has 1 aromatic rings. The largest absolute Gasteiger partial charge is 0.395 e. The van der Waals surface area contributed by atoms with E-state index in [1.165, 1.54) is 18.2 Å². The van der Waals surface area contributed by atoms with Crippen LogP contribution in [0.15, 0.2) is 54.3 Å². The van der Waals surface area contributed by atoms with Crippen LogP contribution in [-0.2, 0) is 4.79 Å². The minimum Gasteiger partial charge on any atom is -0.395 e. The Kier molecular flexibility index (Phi) is 5.45.